The Morgan fingerprint density at radius 2 is 2.12 bits per heavy atom. The van der Waals surface area contributed by atoms with Crippen LogP contribution in [0, 0.1) is 0 Å². The highest BCUT2D eigenvalue weighted by Crippen LogP contribution is 2.15. The lowest BCUT2D eigenvalue weighted by molar-refractivity contribution is -0.156. The van der Waals surface area contributed by atoms with Crippen LogP contribution in [0.1, 0.15) is 27.7 Å². The van der Waals surface area contributed by atoms with Gasteiger partial charge in [-0.1, -0.05) is 0 Å². The van der Waals surface area contributed by atoms with Crippen molar-refractivity contribution in [3.05, 3.63) is 12.3 Å². The molecule has 0 bridgehead atoms. The fraction of sp³-hybridized carbons (Fsp3) is 0.667. The number of carbonyl (C=O) groups excluding carboxylic acids is 1. The average Bonchev–Trinajstić information content (AvgIpc) is 2.60. The predicted octanol–water partition coefficient (Wildman–Crippen LogP) is 1.59. The van der Waals surface area contributed by atoms with Crippen molar-refractivity contribution in [2.24, 2.45) is 7.05 Å². The molecule has 0 saturated heterocycles. The molecular weight excluding hydrogens is 218 g/mol. The van der Waals surface area contributed by atoms with E-state index in [0.717, 1.165) is 5.82 Å². The standard InChI is InChI=1S/C12H21N3O2/c1-9(11(16)17-12(2,3)4)15(6)10-7-8-14(5)13-10/h7-9H,1-6H3/t9-/m0/s1. The summed E-state index contributed by atoms with van der Waals surface area (Å²) in [5, 5.41) is 4.25. The van der Waals surface area contributed by atoms with Crippen molar-refractivity contribution in [3.63, 3.8) is 0 Å². The number of aromatic nitrogens is 2. The monoisotopic (exact) mass is 239 g/mol. The van der Waals surface area contributed by atoms with Crippen LogP contribution in [0.2, 0.25) is 0 Å². The predicted molar refractivity (Wildman–Crippen MR) is 66.9 cm³/mol. The molecule has 0 radical (unpaired) electrons. The number of hydrogen-bond acceptors (Lipinski definition) is 4. The summed E-state index contributed by atoms with van der Waals surface area (Å²) in [4.78, 5) is 13.7. The van der Waals surface area contributed by atoms with Gasteiger partial charge >= 0.3 is 5.97 Å². The van der Waals surface area contributed by atoms with E-state index < -0.39 is 5.60 Å². The van der Waals surface area contributed by atoms with Crippen LogP contribution < -0.4 is 4.90 Å². The van der Waals surface area contributed by atoms with Gasteiger partial charge in [0, 0.05) is 26.4 Å². The summed E-state index contributed by atoms with van der Waals surface area (Å²) in [5.74, 6) is 0.511. The zero-order chi connectivity index (χ0) is 13.2. The van der Waals surface area contributed by atoms with Crippen LogP contribution in [-0.4, -0.2) is 34.4 Å². The fourth-order valence-corrected chi connectivity index (χ4v) is 1.33. The van der Waals surface area contributed by atoms with E-state index in [-0.39, 0.29) is 12.0 Å². The Morgan fingerprint density at radius 3 is 2.53 bits per heavy atom. The van der Waals surface area contributed by atoms with Crippen LogP contribution >= 0.6 is 0 Å². The Balaban J connectivity index is 2.70. The molecule has 0 N–H and O–H groups in total. The molecule has 5 heteroatoms. The zero-order valence-electron chi connectivity index (χ0n) is 11.4. The van der Waals surface area contributed by atoms with E-state index in [1.807, 2.05) is 54.1 Å². The molecule has 17 heavy (non-hydrogen) atoms. The normalized spacial score (nSPS) is 13.3. The molecule has 0 aromatic carbocycles. The van der Waals surface area contributed by atoms with Crippen LogP contribution in [0.3, 0.4) is 0 Å². The van der Waals surface area contributed by atoms with Gasteiger partial charge < -0.3 is 9.64 Å². The Labute approximate surface area is 102 Å². The third-order valence-corrected chi connectivity index (χ3v) is 2.39. The highest BCUT2D eigenvalue weighted by Gasteiger charge is 2.25. The summed E-state index contributed by atoms with van der Waals surface area (Å²) in [5.41, 5.74) is -0.462. The number of likely N-dealkylation sites (N-methyl/N-ethyl adjacent to an activating group) is 1. The lowest BCUT2D eigenvalue weighted by atomic mass is 10.2. The summed E-state index contributed by atoms with van der Waals surface area (Å²) >= 11 is 0. The molecule has 0 aliphatic carbocycles. The molecule has 0 amide bonds. The number of nitrogens with zero attached hydrogens (tertiary/aromatic N) is 3. The molecule has 0 aliphatic rings. The van der Waals surface area contributed by atoms with Gasteiger partial charge in [0.15, 0.2) is 5.82 Å². The van der Waals surface area contributed by atoms with Crippen molar-refractivity contribution in [1.29, 1.82) is 0 Å². The summed E-state index contributed by atoms with van der Waals surface area (Å²) in [6, 6.07) is 1.50. The summed E-state index contributed by atoms with van der Waals surface area (Å²) in [6.45, 7) is 7.39. The molecule has 96 valence electrons. The van der Waals surface area contributed by atoms with Gasteiger partial charge in [0.1, 0.15) is 11.6 Å². The summed E-state index contributed by atoms with van der Waals surface area (Å²) in [6.07, 6.45) is 1.84. The molecule has 1 heterocycles. The van der Waals surface area contributed by atoms with Crippen LogP contribution in [0.25, 0.3) is 0 Å². The minimum absolute atomic E-state index is 0.245. The van der Waals surface area contributed by atoms with Crippen LogP contribution in [-0.2, 0) is 16.6 Å². The second-order valence-electron chi connectivity index (χ2n) is 5.17. The second-order valence-corrected chi connectivity index (χ2v) is 5.17. The van der Waals surface area contributed by atoms with Crippen molar-refractivity contribution in [3.8, 4) is 0 Å². The van der Waals surface area contributed by atoms with E-state index >= 15 is 0 Å². The van der Waals surface area contributed by atoms with Gasteiger partial charge in [-0.15, -0.1) is 0 Å². The van der Waals surface area contributed by atoms with Gasteiger partial charge in [-0.05, 0) is 27.7 Å². The largest absolute Gasteiger partial charge is 0.458 e. The van der Waals surface area contributed by atoms with E-state index in [1.165, 1.54) is 0 Å². The number of hydrogen-bond donors (Lipinski definition) is 0. The van der Waals surface area contributed by atoms with Gasteiger partial charge in [-0.2, -0.15) is 5.10 Å². The molecule has 1 aromatic rings. The first-order chi connectivity index (χ1) is 7.70. The lowest BCUT2D eigenvalue weighted by Crippen LogP contribution is -2.40. The quantitative estimate of drug-likeness (QED) is 0.751. The minimum atomic E-state index is -0.462. The number of carbonyl (C=O) groups is 1. The number of anilines is 1. The second kappa shape index (κ2) is 4.77. The van der Waals surface area contributed by atoms with E-state index in [1.54, 1.807) is 9.58 Å². The fourth-order valence-electron chi connectivity index (χ4n) is 1.33. The van der Waals surface area contributed by atoms with Crippen molar-refractivity contribution >= 4 is 11.8 Å². The molecule has 1 rings (SSSR count). The topological polar surface area (TPSA) is 47.4 Å². The average molecular weight is 239 g/mol. The third kappa shape index (κ3) is 3.76. The Bertz CT molecular complexity index is 393. The maximum Gasteiger partial charge on any atom is 0.329 e. The number of esters is 1. The Morgan fingerprint density at radius 1 is 1.53 bits per heavy atom. The van der Waals surface area contributed by atoms with E-state index in [9.17, 15) is 4.79 Å². The molecule has 0 saturated carbocycles. The number of aryl methyl sites for hydroxylation is 1. The minimum Gasteiger partial charge on any atom is -0.458 e. The number of ether oxygens (including phenoxy) is 1. The van der Waals surface area contributed by atoms with Gasteiger partial charge in [-0.3, -0.25) is 4.68 Å². The molecule has 0 unspecified atom stereocenters. The lowest BCUT2D eigenvalue weighted by Gasteiger charge is -2.27. The number of rotatable bonds is 3. The van der Waals surface area contributed by atoms with Crippen molar-refractivity contribution in [2.45, 2.75) is 39.3 Å². The van der Waals surface area contributed by atoms with Gasteiger partial charge in [0.05, 0.1) is 0 Å². The maximum atomic E-state index is 11.9. The van der Waals surface area contributed by atoms with Gasteiger partial charge in [-0.25, -0.2) is 4.79 Å². The highest BCUT2D eigenvalue weighted by molar-refractivity contribution is 5.79. The van der Waals surface area contributed by atoms with Crippen molar-refractivity contribution in [2.75, 3.05) is 11.9 Å². The summed E-state index contributed by atoms with van der Waals surface area (Å²) < 4.78 is 7.04. The van der Waals surface area contributed by atoms with E-state index in [4.69, 9.17) is 4.74 Å². The van der Waals surface area contributed by atoms with E-state index in [2.05, 4.69) is 5.10 Å². The molecule has 1 atom stereocenters. The Kier molecular flexibility index (Phi) is 3.80. The molecule has 0 fully saturated rings. The van der Waals surface area contributed by atoms with Crippen LogP contribution in [0.5, 0.6) is 0 Å². The highest BCUT2D eigenvalue weighted by atomic mass is 16.6. The molecular formula is C12H21N3O2. The van der Waals surface area contributed by atoms with Crippen LogP contribution in [0.15, 0.2) is 12.3 Å². The third-order valence-electron chi connectivity index (χ3n) is 2.39. The van der Waals surface area contributed by atoms with Gasteiger partial charge in [0.25, 0.3) is 0 Å². The smallest absolute Gasteiger partial charge is 0.329 e. The molecule has 5 nitrogen and oxygen atoms in total. The van der Waals surface area contributed by atoms with Crippen molar-refractivity contribution in [1.82, 2.24) is 9.78 Å². The first-order valence-corrected chi connectivity index (χ1v) is 5.66. The molecule has 1 aromatic heterocycles. The maximum absolute atomic E-state index is 11.9. The molecule has 0 spiro atoms. The first kappa shape index (κ1) is 13.5. The SMILES string of the molecule is C[C@@H](C(=O)OC(C)(C)C)N(C)c1ccn(C)n1. The first-order valence-electron chi connectivity index (χ1n) is 5.66. The summed E-state index contributed by atoms with van der Waals surface area (Å²) in [7, 11) is 3.67. The Hall–Kier alpha value is -1.52. The molecule has 0 aliphatic heterocycles. The van der Waals surface area contributed by atoms with Gasteiger partial charge in [0.2, 0.25) is 0 Å². The zero-order valence-corrected chi connectivity index (χ0v) is 11.4. The van der Waals surface area contributed by atoms with E-state index in [0.29, 0.717) is 0 Å². The van der Waals surface area contributed by atoms with Crippen LogP contribution in [0.4, 0.5) is 5.82 Å². The van der Waals surface area contributed by atoms with Crippen molar-refractivity contribution < 1.29 is 9.53 Å².